The van der Waals surface area contributed by atoms with Crippen molar-refractivity contribution in [1.29, 1.82) is 0 Å². The van der Waals surface area contributed by atoms with Crippen LogP contribution >= 0.6 is 0 Å². The van der Waals surface area contributed by atoms with Crippen molar-refractivity contribution in [2.24, 2.45) is 0 Å². The first-order valence-corrected chi connectivity index (χ1v) is 11.9. The fourth-order valence-corrected chi connectivity index (χ4v) is 4.73. The molecule has 35 heavy (non-hydrogen) atoms. The van der Waals surface area contributed by atoms with Gasteiger partial charge in [0.1, 0.15) is 16.9 Å². The average Bonchev–Trinajstić information content (AvgIpc) is 3.49. The van der Waals surface area contributed by atoms with Crippen LogP contribution in [0.4, 0.5) is 15.8 Å². The van der Waals surface area contributed by atoms with E-state index in [-0.39, 0.29) is 11.7 Å². The van der Waals surface area contributed by atoms with Gasteiger partial charge in [0.15, 0.2) is 17.3 Å². The topological polar surface area (TPSA) is 111 Å². The van der Waals surface area contributed by atoms with Gasteiger partial charge in [-0.2, -0.15) is 5.10 Å². The van der Waals surface area contributed by atoms with E-state index in [4.69, 9.17) is 4.98 Å². The van der Waals surface area contributed by atoms with E-state index in [2.05, 4.69) is 40.3 Å². The Kier molecular flexibility index (Phi) is 5.28. The number of piperidine rings is 1. The van der Waals surface area contributed by atoms with Gasteiger partial charge < -0.3 is 15.2 Å². The van der Waals surface area contributed by atoms with E-state index in [1.807, 2.05) is 26.0 Å². The Morgan fingerprint density at radius 2 is 1.91 bits per heavy atom. The summed E-state index contributed by atoms with van der Waals surface area (Å²) in [6, 6.07) is 4.07. The minimum atomic E-state index is -0.473. The van der Waals surface area contributed by atoms with E-state index in [1.165, 1.54) is 6.42 Å². The summed E-state index contributed by atoms with van der Waals surface area (Å²) in [5, 5.41) is 10.9. The summed E-state index contributed by atoms with van der Waals surface area (Å²) in [6.07, 6.45) is 10.3. The Balaban J connectivity index is 1.45. The third kappa shape index (κ3) is 3.84. The van der Waals surface area contributed by atoms with E-state index in [1.54, 1.807) is 24.8 Å². The number of imidazole rings is 1. The van der Waals surface area contributed by atoms with Crippen molar-refractivity contribution in [3.8, 4) is 22.8 Å². The molecule has 1 fully saturated rings. The molecule has 9 nitrogen and oxygen atoms in total. The maximum Gasteiger partial charge on any atom is 0.161 e. The van der Waals surface area contributed by atoms with Crippen LogP contribution in [0.3, 0.4) is 0 Å². The minimum absolute atomic E-state index is 0.211. The number of nitrogens with one attached hydrogen (secondary N) is 3. The number of hydrogen-bond acceptors (Lipinski definition) is 7. The van der Waals surface area contributed by atoms with E-state index < -0.39 is 5.82 Å². The molecule has 5 aromatic heterocycles. The number of aromatic nitrogens is 7. The highest BCUT2D eigenvalue weighted by atomic mass is 19.1. The molecule has 3 N–H and O–H groups in total. The van der Waals surface area contributed by atoms with Crippen LogP contribution in [0.15, 0.2) is 36.9 Å². The van der Waals surface area contributed by atoms with Crippen LogP contribution in [-0.4, -0.2) is 54.2 Å². The Labute approximate surface area is 201 Å². The van der Waals surface area contributed by atoms with Gasteiger partial charge >= 0.3 is 0 Å². The largest absolute Gasteiger partial charge is 0.382 e. The molecule has 5 aromatic rings. The first-order valence-electron chi connectivity index (χ1n) is 11.9. The quantitative estimate of drug-likeness (QED) is 0.334. The fraction of sp³-hybridized carbons (Fsp3) is 0.320. The highest BCUT2D eigenvalue weighted by molar-refractivity contribution is 5.96. The molecule has 0 aliphatic carbocycles. The standard InChI is InChI=1S/C25H26FN9/c1-14(2)30-16-10-15(11-27-12-16)21-20(26)19-17(13-29-21)33-34-23(19)25-31-22-18(6-7-28-24(22)32-25)35-8-4-3-5-9-35/h6-7,10-14,30H,3-5,8-9H2,1-2H3,(H,33,34)(H,28,31,32). The zero-order chi connectivity index (χ0) is 23.9. The molecule has 0 bridgehead atoms. The number of halogens is 1. The third-order valence-electron chi connectivity index (χ3n) is 6.30. The normalized spacial score (nSPS) is 14.3. The summed E-state index contributed by atoms with van der Waals surface area (Å²) in [5.74, 6) is -0.00738. The van der Waals surface area contributed by atoms with Crippen molar-refractivity contribution in [2.45, 2.75) is 39.2 Å². The summed E-state index contributed by atoms with van der Waals surface area (Å²) < 4.78 is 15.9. The van der Waals surface area contributed by atoms with Crippen LogP contribution in [0.2, 0.25) is 0 Å². The zero-order valence-electron chi connectivity index (χ0n) is 19.6. The predicted octanol–water partition coefficient (Wildman–Crippen LogP) is 4.91. The molecule has 0 radical (unpaired) electrons. The Hall–Kier alpha value is -4.08. The van der Waals surface area contributed by atoms with E-state index in [0.29, 0.717) is 33.6 Å². The molecule has 1 aliphatic rings. The van der Waals surface area contributed by atoms with Gasteiger partial charge in [-0.1, -0.05) is 0 Å². The van der Waals surface area contributed by atoms with Crippen molar-refractivity contribution < 1.29 is 4.39 Å². The van der Waals surface area contributed by atoms with Gasteiger partial charge in [0, 0.05) is 43.3 Å². The Bertz CT molecular complexity index is 1510. The van der Waals surface area contributed by atoms with Crippen LogP contribution in [-0.2, 0) is 0 Å². The number of pyridine rings is 3. The smallest absolute Gasteiger partial charge is 0.161 e. The molecule has 178 valence electrons. The maximum absolute atomic E-state index is 15.9. The molecule has 0 amide bonds. The molecule has 6 rings (SSSR count). The highest BCUT2D eigenvalue weighted by Crippen LogP contribution is 2.34. The lowest BCUT2D eigenvalue weighted by atomic mass is 10.1. The van der Waals surface area contributed by atoms with Crippen molar-refractivity contribution in [3.05, 3.63) is 42.7 Å². The summed E-state index contributed by atoms with van der Waals surface area (Å²) in [6.45, 7) is 6.06. The summed E-state index contributed by atoms with van der Waals surface area (Å²) in [7, 11) is 0. The first kappa shape index (κ1) is 21.5. The summed E-state index contributed by atoms with van der Waals surface area (Å²) in [5.41, 5.74) is 4.96. The minimum Gasteiger partial charge on any atom is -0.382 e. The van der Waals surface area contributed by atoms with Gasteiger partial charge in [-0.25, -0.2) is 14.4 Å². The van der Waals surface area contributed by atoms with Crippen LogP contribution in [0.5, 0.6) is 0 Å². The number of rotatable bonds is 5. The van der Waals surface area contributed by atoms with E-state index in [9.17, 15) is 0 Å². The van der Waals surface area contributed by atoms with E-state index in [0.717, 1.165) is 42.8 Å². The molecular formula is C25H26FN9. The maximum atomic E-state index is 15.9. The number of aromatic amines is 2. The average molecular weight is 472 g/mol. The number of hydrogen-bond donors (Lipinski definition) is 3. The van der Waals surface area contributed by atoms with Crippen molar-refractivity contribution in [2.75, 3.05) is 23.3 Å². The number of fused-ring (bicyclic) bond motifs is 2. The lowest BCUT2D eigenvalue weighted by Crippen LogP contribution is -2.29. The highest BCUT2D eigenvalue weighted by Gasteiger charge is 2.22. The molecule has 1 saturated heterocycles. The molecule has 6 heterocycles. The fourth-order valence-electron chi connectivity index (χ4n) is 4.73. The van der Waals surface area contributed by atoms with Crippen molar-refractivity contribution in [1.82, 2.24) is 35.1 Å². The Morgan fingerprint density at radius 1 is 1.06 bits per heavy atom. The van der Waals surface area contributed by atoms with Gasteiger partial charge in [-0.3, -0.25) is 15.1 Å². The van der Waals surface area contributed by atoms with Crippen molar-refractivity contribution in [3.63, 3.8) is 0 Å². The molecular weight excluding hydrogens is 445 g/mol. The monoisotopic (exact) mass is 471 g/mol. The van der Waals surface area contributed by atoms with Crippen LogP contribution in [0.25, 0.3) is 44.8 Å². The molecule has 0 spiro atoms. The number of H-pyrrole nitrogens is 2. The second-order valence-corrected chi connectivity index (χ2v) is 9.20. The van der Waals surface area contributed by atoms with Crippen LogP contribution in [0, 0.1) is 5.82 Å². The SMILES string of the molecule is CC(C)Nc1cncc(-c2ncc3[nH]nc(-c4nc5c(N6CCCCC6)ccnc5[nH]4)c3c2F)c1. The second kappa shape index (κ2) is 8.61. The number of nitrogens with zero attached hydrogens (tertiary/aromatic N) is 6. The zero-order valence-corrected chi connectivity index (χ0v) is 19.6. The molecule has 1 aliphatic heterocycles. The molecule has 0 aromatic carbocycles. The lowest BCUT2D eigenvalue weighted by molar-refractivity contribution is 0.578. The summed E-state index contributed by atoms with van der Waals surface area (Å²) >= 11 is 0. The predicted molar refractivity (Wildman–Crippen MR) is 135 cm³/mol. The van der Waals surface area contributed by atoms with Crippen LogP contribution in [0.1, 0.15) is 33.1 Å². The van der Waals surface area contributed by atoms with Crippen molar-refractivity contribution >= 4 is 33.4 Å². The van der Waals surface area contributed by atoms with Gasteiger partial charge in [-0.15, -0.1) is 0 Å². The summed E-state index contributed by atoms with van der Waals surface area (Å²) in [4.78, 5) is 23.5. The molecule has 10 heteroatoms. The van der Waals surface area contributed by atoms with Gasteiger partial charge in [0.05, 0.1) is 28.5 Å². The molecule has 0 unspecified atom stereocenters. The lowest BCUT2D eigenvalue weighted by Gasteiger charge is -2.28. The van der Waals surface area contributed by atoms with Gasteiger partial charge in [-0.05, 0) is 45.2 Å². The van der Waals surface area contributed by atoms with Gasteiger partial charge in [0.25, 0.3) is 0 Å². The van der Waals surface area contributed by atoms with E-state index >= 15 is 4.39 Å². The van der Waals surface area contributed by atoms with Crippen LogP contribution < -0.4 is 10.2 Å². The molecule has 0 atom stereocenters. The van der Waals surface area contributed by atoms with Gasteiger partial charge in [0.2, 0.25) is 0 Å². The molecule has 0 saturated carbocycles. The third-order valence-corrected chi connectivity index (χ3v) is 6.30. The first-order chi connectivity index (χ1) is 17.1. The Morgan fingerprint density at radius 3 is 2.74 bits per heavy atom. The second-order valence-electron chi connectivity index (χ2n) is 9.20. The number of anilines is 2.